The third-order valence-electron chi connectivity index (χ3n) is 3.91. The van der Waals surface area contributed by atoms with Gasteiger partial charge in [0, 0.05) is 11.5 Å². The number of nitrogens with zero attached hydrogens (tertiary/aromatic N) is 1. The fraction of sp³-hybridized carbons (Fsp3) is 0.400. The first-order chi connectivity index (χ1) is 8.71. The lowest BCUT2D eigenvalue weighted by Gasteiger charge is -2.23. The number of hydrogen-bond acceptors (Lipinski definition) is 3. The van der Waals surface area contributed by atoms with Crippen molar-refractivity contribution in [3.8, 4) is 5.75 Å². The van der Waals surface area contributed by atoms with Crippen molar-refractivity contribution < 1.29 is 4.74 Å². The van der Waals surface area contributed by atoms with Crippen LogP contribution >= 0.6 is 0 Å². The van der Waals surface area contributed by atoms with Crippen LogP contribution in [0.1, 0.15) is 31.4 Å². The normalized spacial score (nSPS) is 18.1. The molecule has 1 aromatic heterocycles. The van der Waals surface area contributed by atoms with Gasteiger partial charge in [0.1, 0.15) is 5.75 Å². The van der Waals surface area contributed by atoms with E-state index >= 15 is 0 Å². The Labute approximate surface area is 107 Å². The summed E-state index contributed by atoms with van der Waals surface area (Å²) in [7, 11) is 1.67. The van der Waals surface area contributed by atoms with Crippen molar-refractivity contribution in [2.75, 3.05) is 7.11 Å². The van der Waals surface area contributed by atoms with Crippen molar-refractivity contribution in [2.45, 2.75) is 31.2 Å². The number of fused-ring (bicyclic) bond motifs is 1. The van der Waals surface area contributed by atoms with Crippen LogP contribution in [0.2, 0.25) is 0 Å². The summed E-state index contributed by atoms with van der Waals surface area (Å²) in [5.74, 6) is 0.838. The van der Waals surface area contributed by atoms with Crippen LogP contribution in [0.5, 0.6) is 5.75 Å². The van der Waals surface area contributed by atoms with Gasteiger partial charge < -0.3 is 10.5 Å². The molecule has 1 heterocycles. The molecule has 18 heavy (non-hydrogen) atoms. The van der Waals surface area contributed by atoms with E-state index < -0.39 is 0 Å². The highest BCUT2D eigenvalue weighted by Gasteiger charge is 2.32. The van der Waals surface area contributed by atoms with Gasteiger partial charge in [0.2, 0.25) is 0 Å². The topological polar surface area (TPSA) is 48.1 Å². The first-order valence-corrected chi connectivity index (χ1v) is 6.45. The summed E-state index contributed by atoms with van der Waals surface area (Å²) in [6.07, 6.45) is 4.48. The number of rotatable bonds is 2. The monoisotopic (exact) mass is 242 g/mol. The third-order valence-corrected chi connectivity index (χ3v) is 3.91. The number of hydrogen-bond donors (Lipinski definition) is 1. The van der Waals surface area contributed by atoms with E-state index in [-0.39, 0.29) is 5.54 Å². The molecule has 1 aromatic carbocycles. The number of methoxy groups -OCH3 is 1. The maximum atomic E-state index is 6.45. The molecule has 0 unspecified atom stereocenters. The van der Waals surface area contributed by atoms with E-state index in [4.69, 9.17) is 15.5 Å². The lowest BCUT2D eigenvalue weighted by atomic mass is 9.93. The van der Waals surface area contributed by atoms with E-state index in [1.54, 1.807) is 7.11 Å². The molecule has 1 aliphatic rings. The maximum absolute atomic E-state index is 6.45. The molecule has 0 aliphatic heterocycles. The van der Waals surface area contributed by atoms with Crippen LogP contribution in [0.4, 0.5) is 0 Å². The maximum Gasteiger partial charge on any atom is 0.121 e. The second kappa shape index (κ2) is 4.25. The van der Waals surface area contributed by atoms with Crippen LogP contribution in [-0.4, -0.2) is 12.1 Å². The van der Waals surface area contributed by atoms with Gasteiger partial charge in [0.25, 0.3) is 0 Å². The number of pyridine rings is 1. The van der Waals surface area contributed by atoms with Crippen molar-refractivity contribution in [2.24, 2.45) is 5.73 Å². The van der Waals surface area contributed by atoms with Crippen LogP contribution in [0.3, 0.4) is 0 Å². The zero-order valence-electron chi connectivity index (χ0n) is 10.6. The Morgan fingerprint density at radius 2 is 1.89 bits per heavy atom. The van der Waals surface area contributed by atoms with Crippen molar-refractivity contribution in [1.29, 1.82) is 0 Å². The van der Waals surface area contributed by atoms with Crippen LogP contribution in [-0.2, 0) is 5.54 Å². The van der Waals surface area contributed by atoms with E-state index in [1.165, 1.54) is 12.8 Å². The molecular formula is C15H18N2O. The quantitative estimate of drug-likeness (QED) is 0.880. The first-order valence-electron chi connectivity index (χ1n) is 6.45. The van der Waals surface area contributed by atoms with Gasteiger partial charge in [-0.05, 0) is 31.0 Å². The third kappa shape index (κ3) is 1.85. The Morgan fingerprint density at radius 3 is 2.61 bits per heavy atom. The van der Waals surface area contributed by atoms with Crippen molar-refractivity contribution >= 4 is 10.9 Å². The van der Waals surface area contributed by atoms with E-state index in [2.05, 4.69) is 12.1 Å². The van der Waals surface area contributed by atoms with Gasteiger partial charge in [0.05, 0.1) is 23.9 Å². The highest BCUT2D eigenvalue weighted by molar-refractivity contribution is 5.80. The van der Waals surface area contributed by atoms with Crippen molar-refractivity contribution in [3.05, 3.63) is 36.0 Å². The minimum Gasteiger partial charge on any atom is -0.497 e. The van der Waals surface area contributed by atoms with Gasteiger partial charge >= 0.3 is 0 Å². The molecule has 1 saturated carbocycles. The molecule has 0 saturated heterocycles. The average Bonchev–Trinajstić information content (AvgIpc) is 2.85. The molecule has 94 valence electrons. The molecule has 2 N–H and O–H groups in total. The summed E-state index contributed by atoms with van der Waals surface area (Å²) in [5, 5.41) is 1.13. The standard InChI is InChI=1S/C15H18N2O/c1-18-12-6-4-11-5-7-14(17-13(11)10-12)15(16)8-2-3-9-15/h4-7,10H,2-3,8-9,16H2,1H3. The smallest absolute Gasteiger partial charge is 0.121 e. The van der Waals surface area contributed by atoms with E-state index in [9.17, 15) is 0 Å². The molecule has 1 aliphatic carbocycles. The molecule has 3 rings (SSSR count). The Morgan fingerprint density at radius 1 is 1.17 bits per heavy atom. The molecule has 1 fully saturated rings. The van der Waals surface area contributed by atoms with Gasteiger partial charge in [-0.3, -0.25) is 4.98 Å². The van der Waals surface area contributed by atoms with E-state index in [1.807, 2.05) is 18.2 Å². The van der Waals surface area contributed by atoms with Gasteiger partial charge in [-0.15, -0.1) is 0 Å². The molecule has 0 bridgehead atoms. The van der Waals surface area contributed by atoms with Crippen LogP contribution < -0.4 is 10.5 Å². The molecule has 0 spiro atoms. The number of aromatic nitrogens is 1. The zero-order chi connectivity index (χ0) is 12.6. The van der Waals surface area contributed by atoms with Gasteiger partial charge in [-0.1, -0.05) is 18.9 Å². The minimum absolute atomic E-state index is 0.225. The SMILES string of the molecule is COc1ccc2ccc(C3(N)CCCC3)nc2c1. The Kier molecular flexibility index (Phi) is 2.71. The van der Waals surface area contributed by atoms with Gasteiger partial charge in [0.15, 0.2) is 0 Å². The average molecular weight is 242 g/mol. The fourth-order valence-corrected chi connectivity index (χ4v) is 2.76. The second-order valence-corrected chi connectivity index (χ2v) is 5.12. The Balaban J connectivity index is 2.09. The zero-order valence-corrected chi connectivity index (χ0v) is 10.6. The molecule has 2 aromatic rings. The fourth-order valence-electron chi connectivity index (χ4n) is 2.76. The van der Waals surface area contributed by atoms with Crippen LogP contribution in [0.25, 0.3) is 10.9 Å². The summed E-state index contributed by atoms with van der Waals surface area (Å²) in [6, 6.07) is 10.1. The van der Waals surface area contributed by atoms with Crippen LogP contribution in [0.15, 0.2) is 30.3 Å². The lowest BCUT2D eigenvalue weighted by Crippen LogP contribution is -2.34. The van der Waals surface area contributed by atoms with Gasteiger partial charge in [-0.25, -0.2) is 0 Å². The highest BCUT2D eigenvalue weighted by Crippen LogP contribution is 2.36. The molecule has 0 radical (unpaired) electrons. The van der Waals surface area contributed by atoms with E-state index in [0.717, 1.165) is 35.2 Å². The Bertz CT molecular complexity index is 574. The Hall–Kier alpha value is -1.61. The van der Waals surface area contributed by atoms with E-state index in [0.29, 0.717) is 0 Å². The minimum atomic E-state index is -0.225. The second-order valence-electron chi connectivity index (χ2n) is 5.12. The number of nitrogens with two attached hydrogens (primary N) is 1. The molecule has 0 amide bonds. The summed E-state index contributed by atoms with van der Waals surface area (Å²) in [6.45, 7) is 0. The first kappa shape index (κ1) is 11.5. The number of ether oxygens (including phenoxy) is 1. The largest absolute Gasteiger partial charge is 0.497 e. The predicted molar refractivity (Wildman–Crippen MR) is 72.6 cm³/mol. The lowest BCUT2D eigenvalue weighted by molar-refractivity contribution is 0.415. The molecule has 0 atom stereocenters. The summed E-state index contributed by atoms with van der Waals surface area (Å²) in [4.78, 5) is 4.73. The summed E-state index contributed by atoms with van der Waals surface area (Å²) >= 11 is 0. The van der Waals surface area contributed by atoms with Crippen molar-refractivity contribution in [1.82, 2.24) is 4.98 Å². The van der Waals surface area contributed by atoms with Crippen molar-refractivity contribution in [3.63, 3.8) is 0 Å². The van der Waals surface area contributed by atoms with Gasteiger partial charge in [-0.2, -0.15) is 0 Å². The highest BCUT2D eigenvalue weighted by atomic mass is 16.5. The number of benzene rings is 1. The summed E-state index contributed by atoms with van der Waals surface area (Å²) in [5.41, 5.74) is 8.20. The molecule has 3 nitrogen and oxygen atoms in total. The van der Waals surface area contributed by atoms with Crippen LogP contribution in [0, 0.1) is 0 Å². The molecular weight excluding hydrogens is 224 g/mol. The molecule has 3 heteroatoms. The summed E-state index contributed by atoms with van der Waals surface area (Å²) < 4.78 is 5.24. The predicted octanol–water partition coefficient (Wildman–Crippen LogP) is 2.97.